The topological polar surface area (TPSA) is 52.9 Å². The fourth-order valence-electron chi connectivity index (χ4n) is 2.05. The van der Waals surface area contributed by atoms with Crippen LogP contribution in [-0.2, 0) is 11.2 Å². The van der Waals surface area contributed by atoms with Gasteiger partial charge in [0, 0.05) is 25.1 Å². The van der Waals surface area contributed by atoms with Crippen LogP contribution in [0.1, 0.15) is 5.56 Å². The number of nitrogens with zero attached hydrogens (tertiary/aromatic N) is 1. The first-order valence-corrected chi connectivity index (χ1v) is 6.11. The van der Waals surface area contributed by atoms with Gasteiger partial charge in [0.25, 0.3) is 0 Å². The third kappa shape index (κ3) is 3.52. The molecule has 2 N–H and O–H groups in total. The summed E-state index contributed by atoms with van der Waals surface area (Å²) in [6, 6.07) is 4.53. The van der Waals surface area contributed by atoms with Gasteiger partial charge in [-0.15, -0.1) is 0 Å². The van der Waals surface area contributed by atoms with Gasteiger partial charge in [-0.3, -0.25) is 4.90 Å². The quantitative estimate of drug-likeness (QED) is 0.702. The number of halogens is 1. The number of benzene rings is 1. The van der Waals surface area contributed by atoms with E-state index in [-0.39, 0.29) is 5.46 Å². The average molecular weight is 253 g/mol. The number of morpholine rings is 1. The Morgan fingerprint density at radius 1 is 1.28 bits per heavy atom. The highest BCUT2D eigenvalue weighted by molar-refractivity contribution is 6.58. The molecule has 0 aliphatic carbocycles. The summed E-state index contributed by atoms with van der Waals surface area (Å²) >= 11 is 0. The predicted molar refractivity (Wildman–Crippen MR) is 67.2 cm³/mol. The van der Waals surface area contributed by atoms with Crippen molar-refractivity contribution in [1.82, 2.24) is 4.90 Å². The first-order chi connectivity index (χ1) is 8.66. The molecule has 0 saturated carbocycles. The zero-order valence-corrected chi connectivity index (χ0v) is 10.2. The van der Waals surface area contributed by atoms with Crippen LogP contribution in [0.4, 0.5) is 4.39 Å². The molecule has 0 aromatic heterocycles. The van der Waals surface area contributed by atoms with Crippen molar-refractivity contribution in [2.45, 2.75) is 6.42 Å². The van der Waals surface area contributed by atoms with Crippen molar-refractivity contribution in [3.05, 3.63) is 29.6 Å². The Labute approximate surface area is 106 Å². The van der Waals surface area contributed by atoms with Crippen LogP contribution >= 0.6 is 0 Å². The molecular weight excluding hydrogens is 236 g/mol. The second-order valence-electron chi connectivity index (χ2n) is 4.43. The lowest BCUT2D eigenvalue weighted by Gasteiger charge is -2.26. The highest BCUT2D eigenvalue weighted by Gasteiger charge is 2.16. The average Bonchev–Trinajstić information content (AvgIpc) is 2.37. The summed E-state index contributed by atoms with van der Waals surface area (Å²) in [6.07, 6.45) is 0.749. The molecule has 0 amide bonds. The molecule has 1 aromatic carbocycles. The van der Waals surface area contributed by atoms with E-state index in [0.717, 1.165) is 44.8 Å². The minimum atomic E-state index is -1.75. The van der Waals surface area contributed by atoms with Gasteiger partial charge in [-0.05, 0) is 18.1 Å². The van der Waals surface area contributed by atoms with Crippen LogP contribution in [0.3, 0.4) is 0 Å². The summed E-state index contributed by atoms with van der Waals surface area (Å²) < 4.78 is 18.8. The van der Waals surface area contributed by atoms with E-state index in [0.29, 0.717) is 0 Å². The van der Waals surface area contributed by atoms with Gasteiger partial charge >= 0.3 is 7.12 Å². The third-order valence-electron chi connectivity index (χ3n) is 3.16. The molecule has 0 spiro atoms. The molecule has 1 aromatic rings. The van der Waals surface area contributed by atoms with Crippen LogP contribution in [0.25, 0.3) is 0 Å². The summed E-state index contributed by atoms with van der Waals surface area (Å²) in [5.41, 5.74) is 0.786. The summed E-state index contributed by atoms with van der Waals surface area (Å²) in [7, 11) is -1.75. The van der Waals surface area contributed by atoms with E-state index >= 15 is 0 Å². The predicted octanol–water partition coefficient (Wildman–Crippen LogP) is -0.620. The maximum Gasteiger partial charge on any atom is 0.491 e. The van der Waals surface area contributed by atoms with Crippen LogP contribution in [-0.4, -0.2) is 54.9 Å². The van der Waals surface area contributed by atoms with E-state index in [9.17, 15) is 4.39 Å². The maximum absolute atomic E-state index is 13.5. The third-order valence-corrected chi connectivity index (χ3v) is 3.16. The van der Waals surface area contributed by atoms with Crippen molar-refractivity contribution >= 4 is 12.6 Å². The zero-order chi connectivity index (χ0) is 13.0. The fraction of sp³-hybridized carbons (Fsp3) is 0.500. The summed E-state index contributed by atoms with van der Waals surface area (Å²) in [4.78, 5) is 2.27. The smallest absolute Gasteiger partial charge is 0.423 e. The second-order valence-corrected chi connectivity index (χ2v) is 4.43. The lowest BCUT2D eigenvalue weighted by Crippen LogP contribution is -2.37. The Kier molecular flexibility index (Phi) is 4.71. The van der Waals surface area contributed by atoms with Gasteiger partial charge in [-0.2, -0.15) is 0 Å². The molecule has 0 atom stereocenters. The Bertz CT molecular complexity index is 397. The van der Waals surface area contributed by atoms with E-state index < -0.39 is 12.9 Å². The van der Waals surface area contributed by atoms with Crippen molar-refractivity contribution < 1.29 is 19.2 Å². The SMILES string of the molecule is OB(O)c1ccc(CCN2CCOCC2)cc1F. The van der Waals surface area contributed by atoms with Crippen LogP contribution in [0.5, 0.6) is 0 Å². The van der Waals surface area contributed by atoms with E-state index in [4.69, 9.17) is 14.8 Å². The fourth-order valence-corrected chi connectivity index (χ4v) is 2.05. The zero-order valence-electron chi connectivity index (χ0n) is 10.2. The van der Waals surface area contributed by atoms with Gasteiger partial charge in [0.05, 0.1) is 13.2 Å². The van der Waals surface area contributed by atoms with Gasteiger partial charge in [0.2, 0.25) is 0 Å². The molecule has 1 fully saturated rings. The van der Waals surface area contributed by atoms with Crippen molar-refractivity contribution in [3.63, 3.8) is 0 Å². The Morgan fingerprint density at radius 3 is 2.61 bits per heavy atom. The molecule has 2 rings (SSSR count). The maximum atomic E-state index is 13.5. The normalized spacial score (nSPS) is 16.8. The van der Waals surface area contributed by atoms with Gasteiger partial charge in [-0.25, -0.2) is 4.39 Å². The van der Waals surface area contributed by atoms with Crippen LogP contribution in [0.15, 0.2) is 18.2 Å². The molecule has 0 bridgehead atoms. The lowest BCUT2D eigenvalue weighted by atomic mass is 9.79. The van der Waals surface area contributed by atoms with Crippen molar-refractivity contribution in [1.29, 1.82) is 0 Å². The molecule has 1 aliphatic rings. The number of hydrogen-bond donors (Lipinski definition) is 2. The van der Waals surface area contributed by atoms with Gasteiger partial charge in [0.15, 0.2) is 0 Å². The van der Waals surface area contributed by atoms with Crippen molar-refractivity contribution in [3.8, 4) is 0 Å². The van der Waals surface area contributed by atoms with E-state index in [1.165, 1.54) is 12.1 Å². The summed E-state index contributed by atoms with van der Waals surface area (Å²) in [6.45, 7) is 4.20. The molecule has 98 valence electrons. The minimum Gasteiger partial charge on any atom is -0.423 e. The standard InChI is InChI=1S/C12H17BFNO3/c14-12-9-10(1-2-11(12)13(16)17)3-4-15-5-7-18-8-6-15/h1-2,9,16-17H,3-8H2. The summed E-state index contributed by atoms with van der Waals surface area (Å²) in [5.74, 6) is -0.565. The van der Waals surface area contributed by atoms with E-state index in [1.807, 2.05) is 0 Å². The van der Waals surface area contributed by atoms with Crippen LogP contribution < -0.4 is 5.46 Å². The first kappa shape index (κ1) is 13.5. The number of ether oxygens (including phenoxy) is 1. The Hall–Kier alpha value is -0.945. The first-order valence-electron chi connectivity index (χ1n) is 6.11. The Balaban J connectivity index is 1.91. The second kappa shape index (κ2) is 6.29. The molecule has 0 unspecified atom stereocenters. The lowest BCUT2D eigenvalue weighted by molar-refractivity contribution is 0.0384. The molecule has 1 heterocycles. The van der Waals surface area contributed by atoms with Gasteiger partial charge in [0.1, 0.15) is 5.82 Å². The molecule has 1 saturated heterocycles. The largest absolute Gasteiger partial charge is 0.491 e. The number of hydrogen-bond acceptors (Lipinski definition) is 4. The highest BCUT2D eigenvalue weighted by atomic mass is 19.1. The van der Waals surface area contributed by atoms with Crippen molar-refractivity contribution in [2.75, 3.05) is 32.8 Å². The summed E-state index contributed by atoms with van der Waals surface area (Å²) in [5, 5.41) is 17.8. The van der Waals surface area contributed by atoms with Crippen LogP contribution in [0, 0.1) is 5.82 Å². The van der Waals surface area contributed by atoms with Gasteiger partial charge < -0.3 is 14.8 Å². The molecule has 4 nitrogen and oxygen atoms in total. The van der Waals surface area contributed by atoms with Gasteiger partial charge in [-0.1, -0.05) is 12.1 Å². The highest BCUT2D eigenvalue weighted by Crippen LogP contribution is 2.06. The molecule has 0 radical (unpaired) electrons. The monoisotopic (exact) mass is 253 g/mol. The van der Waals surface area contributed by atoms with Crippen LogP contribution in [0.2, 0.25) is 0 Å². The molecular formula is C12H17BFNO3. The minimum absolute atomic E-state index is 0.0786. The molecule has 6 heteroatoms. The Morgan fingerprint density at radius 2 is 2.00 bits per heavy atom. The molecule has 18 heavy (non-hydrogen) atoms. The van der Waals surface area contributed by atoms with Crippen molar-refractivity contribution in [2.24, 2.45) is 0 Å². The van der Waals surface area contributed by atoms with E-state index in [2.05, 4.69) is 4.90 Å². The van der Waals surface area contributed by atoms with E-state index in [1.54, 1.807) is 6.07 Å². The number of rotatable bonds is 4. The molecule has 1 aliphatic heterocycles.